The molecule has 0 unspecified atom stereocenters. The minimum atomic E-state index is 0.593. The molecule has 1 aromatic carbocycles. The molecule has 0 atom stereocenters. The summed E-state index contributed by atoms with van der Waals surface area (Å²) in [4.78, 5) is 4.71. The molecule has 0 bridgehead atoms. The zero-order valence-electron chi connectivity index (χ0n) is 11.3. The molecule has 0 fully saturated rings. The standard InChI is InChI=1S/C16H16ClN3/c1-11-2-4-12(5-3-11)16-14(6-8-18)20-9-7-13(17)10-15(20)19-16/h2-5,7,9-10H,6,8,18H2,1H3. The Morgan fingerprint density at radius 3 is 2.65 bits per heavy atom. The van der Waals surface area contributed by atoms with Crippen LogP contribution in [0.2, 0.25) is 5.02 Å². The fourth-order valence-corrected chi connectivity index (χ4v) is 2.54. The molecule has 0 aliphatic carbocycles. The molecule has 0 aliphatic heterocycles. The number of aromatic nitrogens is 2. The number of nitrogens with two attached hydrogens (primary N) is 1. The monoisotopic (exact) mass is 285 g/mol. The van der Waals surface area contributed by atoms with Crippen LogP contribution < -0.4 is 5.73 Å². The van der Waals surface area contributed by atoms with Crippen LogP contribution in [0.15, 0.2) is 42.6 Å². The number of nitrogens with zero attached hydrogens (tertiary/aromatic N) is 2. The summed E-state index contributed by atoms with van der Waals surface area (Å²) in [6.45, 7) is 2.67. The van der Waals surface area contributed by atoms with E-state index in [9.17, 15) is 0 Å². The van der Waals surface area contributed by atoms with Crippen LogP contribution in [-0.2, 0) is 6.42 Å². The Balaban J connectivity index is 2.22. The average molecular weight is 286 g/mol. The molecule has 2 aromatic heterocycles. The number of halogens is 1. The topological polar surface area (TPSA) is 43.3 Å². The summed E-state index contributed by atoms with van der Waals surface area (Å²) in [7, 11) is 0. The van der Waals surface area contributed by atoms with Crippen LogP contribution in [0.4, 0.5) is 0 Å². The molecule has 0 spiro atoms. The molecule has 20 heavy (non-hydrogen) atoms. The van der Waals surface area contributed by atoms with Gasteiger partial charge in [-0.1, -0.05) is 41.4 Å². The highest BCUT2D eigenvalue weighted by Gasteiger charge is 2.13. The molecule has 3 rings (SSSR count). The second-order valence-corrected chi connectivity index (χ2v) is 5.32. The summed E-state index contributed by atoms with van der Waals surface area (Å²) < 4.78 is 2.06. The van der Waals surface area contributed by atoms with Gasteiger partial charge in [-0.2, -0.15) is 0 Å². The third kappa shape index (κ3) is 2.30. The maximum Gasteiger partial charge on any atom is 0.139 e. The second-order valence-electron chi connectivity index (χ2n) is 4.88. The van der Waals surface area contributed by atoms with Crippen molar-refractivity contribution in [2.45, 2.75) is 13.3 Å². The van der Waals surface area contributed by atoms with Crippen LogP contribution >= 0.6 is 11.6 Å². The first-order valence-electron chi connectivity index (χ1n) is 6.62. The molecule has 102 valence electrons. The quantitative estimate of drug-likeness (QED) is 0.801. The largest absolute Gasteiger partial charge is 0.330 e. The lowest BCUT2D eigenvalue weighted by Gasteiger charge is -2.04. The van der Waals surface area contributed by atoms with E-state index >= 15 is 0 Å². The predicted molar refractivity (Wildman–Crippen MR) is 83.1 cm³/mol. The highest BCUT2D eigenvalue weighted by atomic mass is 35.5. The van der Waals surface area contributed by atoms with Crippen molar-refractivity contribution in [1.29, 1.82) is 0 Å². The molecule has 2 N–H and O–H groups in total. The van der Waals surface area contributed by atoms with Gasteiger partial charge in [0, 0.05) is 29.3 Å². The number of aryl methyl sites for hydroxylation is 1. The normalized spacial score (nSPS) is 11.2. The van der Waals surface area contributed by atoms with Crippen molar-refractivity contribution < 1.29 is 0 Å². The Kier molecular flexibility index (Phi) is 3.47. The first-order chi connectivity index (χ1) is 9.69. The van der Waals surface area contributed by atoms with E-state index in [1.54, 1.807) is 0 Å². The van der Waals surface area contributed by atoms with Gasteiger partial charge < -0.3 is 10.1 Å². The SMILES string of the molecule is Cc1ccc(-c2nc3cc(Cl)ccn3c2CCN)cc1. The van der Waals surface area contributed by atoms with E-state index in [1.807, 2.05) is 18.3 Å². The minimum absolute atomic E-state index is 0.593. The van der Waals surface area contributed by atoms with Gasteiger partial charge in [0.2, 0.25) is 0 Å². The minimum Gasteiger partial charge on any atom is -0.330 e. The third-order valence-corrected chi connectivity index (χ3v) is 3.63. The first-order valence-corrected chi connectivity index (χ1v) is 7.00. The van der Waals surface area contributed by atoms with Crippen LogP contribution in [0, 0.1) is 6.92 Å². The van der Waals surface area contributed by atoms with Crippen LogP contribution in [0.5, 0.6) is 0 Å². The lowest BCUT2D eigenvalue weighted by atomic mass is 10.1. The van der Waals surface area contributed by atoms with Gasteiger partial charge in [0.25, 0.3) is 0 Å². The first kappa shape index (κ1) is 13.2. The van der Waals surface area contributed by atoms with E-state index in [1.165, 1.54) is 5.56 Å². The summed E-state index contributed by atoms with van der Waals surface area (Å²) >= 11 is 6.05. The van der Waals surface area contributed by atoms with E-state index in [2.05, 4.69) is 35.6 Å². The number of hydrogen-bond acceptors (Lipinski definition) is 2. The number of benzene rings is 1. The molecule has 2 heterocycles. The Morgan fingerprint density at radius 1 is 1.20 bits per heavy atom. The fourth-order valence-electron chi connectivity index (χ4n) is 2.39. The number of fused-ring (bicyclic) bond motifs is 1. The Morgan fingerprint density at radius 2 is 1.95 bits per heavy atom. The smallest absolute Gasteiger partial charge is 0.139 e. The van der Waals surface area contributed by atoms with Crippen molar-refractivity contribution in [2.24, 2.45) is 5.73 Å². The lowest BCUT2D eigenvalue weighted by molar-refractivity contribution is 0.907. The predicted octanol–water partition coefficient (Wildman–Crippen LogP) is 3.46. The van der Waals surface area contributed by atoms with Crippen LogP contribution in [0.1, 0.15) is 11.3 Å². The van der Waals surface area contributed by atoms with E-state index in [0.717, 1.165) is 29.0 Å². The van der Waals surface area contributed by atoms with Gasteiger partial charge in [0.15, 0.2) is 0 Å². The molecular weight excluding hydrogens is 270 g/mol. The van der Waals surface area contributed by atoms with Gasteiger partial charge in [0.05, 0.1) is 11.4 Å². The summed E-state index contributed by atoms with van der Waals surface area (Å²) in [6, 6.07) is 12.1. The van der Waals surface area contributed by atoms with Crippen molar-refractivity contribution in [3.05, 3.63) is 58.9 Å². The maximum absolute atomic E-state index is 6.05. The molecule has 0 saturated carbocycles. The lowest BCUT2D eigenvalue weighted by Crippen LogP contribution is -2.06. The van der Waals surface area contributed by atoms with Crippen molar-refractivity contribution in [3.8, 4) is 11.3 Å². The highest BCUT2D eigenvalue weighted by Crippen LogP contribution is 2.26. The average Bonchev–Trinajstić information content (AvgIpc) is 2.78. The van der Waals surface area contributed by atoms with E-state index in [4.69, 9.17) is 22.3 Å². The summed E-state index contributed by atoms with van der Waals surface area (Å²) in [5.41, 5.74) is 11.1. The molecule has 0 aliphatic rings. The Labute approximate surface area is 123 Å². The number of rotatable bonds is 3. The van der Waals surface area contributed by atoms with E-state index in [0.29, 0.717) is 11.6 Å². The molecular formula is C16H16ClN3. The van der Waals surface area contributed by atoms with Crippen LogP contribution in [-0.4, -0.2) is 15.9 Å². The fraction of sp³-hybridized carbons (Fsp3) is 0.188. The summed E-state index contributed by atoms with van der Waals surface area (Å²) in [5, 5.41) is 0.692. The van der Waals surface area contributed by atoms with Gasteiger partial charge >= 0.3 is 0 Å². The van der Waals surface area contributed by atoms with Crippen LogP contribution in [0.25, 0.3) is 16.9 Å². The molecule has 3 aromatic rings. The molecule has 0 amide bonds. The maximum atomic E-state index is 6.05. The summed E-state index contributed by atoms with van der Waals surface area (Å²) in [5.74, 6) is 0. The second kappa shape index (κ2) is 5.27. The third-order valence-electron chi connectivity index (χ3n) is 3.39. The van der Waals surface area contributed by atoms with Gasteiger partial charge in [-0.15, -0.1) is 0 Å². The highest BCUT2D eigenvalue weighted by molar-refractivity contribution is 6.30. The van der Waals surface area contributed by atoms with Crippen molar-refractivity contribution in [3.63, 3.8) is 0 Å². The number of imidazole rings is 1. The van der Waals surface area contributed by atoms with Gasteiger partial charge in [-0.3, -0.25) is 0 Å². The molecule has 4 heteroatoms. The van der Waals surface area contributed by atoms with Gasteiger partial charge in [-0.25, -0.2) is 4.98 Å². The van der Waals surface area contributed by atoms with E-state index < -0.39 is 0 Å². The number of hydrogen-bond donors (Lipinski definition) is 1. The van der Waals surface area contributed by atoms with E-state index in [-0.39, 0.29) is 0 Å². The number of pyridine rings is 1. The zero-order valence-corrected chi connectivity index (χ0v) is 12.1. The van der Waals surface area contributed by atoms with Crippen LogP contribution in [0.3, 0.4) is 0 Å². The van der Waals surface area contributed by atoms with Crippen molar-refractivity contribution >= 4 is 17.2 Å². The van der Waals surface area contributed by atoms with Gasteiger partial charge in [0.1, 0.15) is 5.65 Å². The van der Waals surface area contributed by atoms with Crippen molar-refractivity contribution in [2.75, 3.05) is 6.54 Å². The zero-order chi connectivity index (χ0) is 14.1. The molecule has 0 saturated heterocycles. The Bertz CT molecular complexity index is 744. The van der Waals surface area contributed by atoms with Gasteiger partial charge in [-0.05, 0) is 19.5 Å². The molecule has 3 nitrogen and oxygen atoms in total. The Hall–Kier alpha value is -1.84. The summed E-state index contributed by atoms with van der Waals surface area (Å²) in [6.07, 6.45) is 2.74. The van der Waals surface area contributed by atoms with Crippen molar-refractivity contribution in [1.82, 2.24) is 9.38 Å². The molecule has 0 radical (unpaired) electrons.